The molecule has 2 amide bonds. The summed E-state index contributed by atoms with van der Waals surface area (Å²) in [6, 6.07) is 8.09. The molecule has 3 rings (SSSR count). The minimum Gasteiger partial charge on any atom is -0.444 e. The topological polar surface area (TPSA) is 67.9 Å². The lowest BCUT2D eigenvalue weighted by atomic mass is 9.93. The number of amides is 2. The Hall–Kier alpha value is -2.08. The number of carbonyl (C=O) groups is 2. The molecule has 2 heterocycles. The van der Waals surface area contributed by atoms with E-state index >= 15 is 0 Å². The Kier molecular flexibility index (Phi) is 5.23. The number of alkyl carbamates (subject to hydrolysis) is 1. The normalized spacial score (nSPS) is 25.5. The van der Waals surface area contributed by atoms with Crippen LogP contribution < -0.4 is 5.32 Å². The van der Waals surface area contributed by atoms with Gasteiger partial charge in [0.25, 0.3) is 5.91 Å². The third-order valence-corrected chi connectivity index (χ3v) is 4.87. The highest BCUT2D eigenvalue weighted by molar-refractivity contribution is 5.82. The van der Waals surface area contributed by atoms with Crippen molar-refractivity contribution in [2.75, 3.05) is 13.2 Å². The van der Waals surface area contributed by atoms with Crippen molar-refractivity contribution in [1.82, 2.24) is 10.2 Å². The van der Waals surface area contributed by atoms with Gasteiger partial charge in [0.05, 0.1) is 18.7 Å². The van der Waals surface area contributed by atoms with Crippen LogP contribution in [0, 0.1) is 0 Å². The molecule has 1 saturated heterocycles. The molecule has 0 saturated carbocycles. The molecule has 0 unspecified atom stereocenters. The van der Waals surface area contributed by atoms with E-state index in [9.17, 15) is 9.59 Å². The zero-order valence-corrected chi connectivity index (χ0v) is 16.0. The molecule has 6 heteroatoms. The molecule has 2 aliphatic heterocycles. The molecular weight excluding hydrogens is 332 g/mol. The van der Waals surface area contributed by atoms with Gasteiger partial charge in [0, 0.05) is 13.0 Å². The highest BCUT2D eigenvalue weighted by Crippen LogP contribution is 2.31. The Balaban J connectivity index is 1.58. The summed E-state index contributed by atoms with van der Waals surface area (Å²) in [7, 11) is 0. The van der Waals surface area contributed by atoms with Gasteiger partial charge in [0.1, 0.15) is 11.7 Å². The van der Waals surface area contributed by atoms with Crippen molar-refractivity contribution in [1.29, 1.82) is 0 Å². The van der Waals surface area contributed by atoms with Crippen molar-refractivity contribution in [3.8, 4) is 0 Å². The van der Waals surface area contributed by atoms with Gasteiger partial charge < -0.3 is 19.7 Å². The Morgan fingerprint density at radius 1 is 1.27 bits per heavy atom. The van der Waals surface area contributed by atoms with Crippen LogP contribution in [-0.4, -0.2) is 47.8 Å². The smallest absolute Gasteiger partial charge is 0.407 e. The fourth-order valence-electron chi connectivity index (χ4n) is 3.63. The van der Waals surface area contributed by atoms with E-state index in [0.717, 1.165) is 6.42 Å². The molecule has 0 aromatic heterocycles. The number of ether oxygens (including phenoxy) is 2. The summed E-state index contributed by atoms with van der Waals surface area (Å²) in [5, 5.41) is 2.79. The van der Waals surface area contributed by atoms with Gasteiger partial charge in [-0.25, -0.2) is 4.79 Å². The second-order valence-electron chi connectivity index (χ2n) is 8.06. The molecule has 0 aliphatic carbocycles. The maximum atomic E-state index is 12.9. The predicted octanol–water partition coefficient (Wildman–Crippen LogP) is 2.81. The molecule has 3 atom stereocenters. The van der Waals surface area contributed by atoms with Crippen LogP contribution in [0.2, 0.25) is 0 Å². The summed E-state index contributed by atoms with van der Waals surface area (Å²) in [4.78, 5) is 26.7. The molecule has 1 fully saturated rings. The van der Waals surface area contributed by atoms with Gasteiger partial charge in [0.2, 0.25) is 0 Å². The van der Waals surface area contributed by atoms with E-state index in [2.05, 4.69) is 24.4 Å². The van der Waals surface area contributed by atoms with Crippen LogP contribution >= 0.6 is 0 Å². The Bertz CT molecular complexity index is 683. The summed E-state index contributed by atoms with van der Waals surface area (Å²) in [6.07, 6.45) is 0.351. The lowest BCUT2D eigenvalue weighted by Crippen LogP contribution is -2.44. The first-order chi connectivity index (χ1) is 12.2. The monoisotopic (exact) mass is 360 g/mol. The number of benzene rings is 1. The largest absolute Gasteiger partial charge is 0.444 e. The second-order valence-corrected chi connectivity index (χ2v) is 8.06. The van der Waals surface area contributed by atoms with E-state index < -0.39 is 17.8 Å². The zero-order chi connectivity index (χ0) is 18.9. The second kappa shape index (κ2) is 7.27. The van der Waals surface area contributed by atoms with E-state index in [1.165, 1.54) is 11.1 Å². The number of nitrogens with zero attached hydrogens (tertiary/aromatic N) is 1. The first-order valence-corrected chi connectivity index (χ1v) is 9.24. The molecule has 1 N–H and O–H groups in total. The number of nitrogens with one attached hydrogen (secondary N) is 1. The summed E-state index contributed by atoms with van der Waals surface area (Å²) < 4.78 is 11.0. The van der Waals surface area contributed by atoms with Crippen LogP contribution in [0.4, 0.5) is 4.79 Å². The molecule has 2 aliphatic rings. The SMILES string of the molecule is C[C@H]1c2ccccc2CCN1C(=O)[C@@H]1C[C@H](NC(=O)OC(C)(C)C)CO1. The Morgan fingerprint density at radius 2 is 2.00 bits per heavy atom. The number of hydrogen-bond donors (Lipinski definition) is 1. The van der Waals surface area contributed by atoms with Gasteiger partial charge in [-0.3, -0.25) is 4.79 Å². The van der Waals surface area contributed by atoms with E-state index in [1.807, 2.05) is 37.8 Å². The first kappa shape index (κ1) is 18.7. The standard InChI is InChI=1S/C20H28N2O4/c1-13-16-8-6-5-7-14(16)9-10-22(13)18(23)17-11-15(12-25-17)21-19(24)26-20(2,3)4/h5-8,13,15,17H,9-12H2,1-4H3,(H,21,24)/t13-,15-,17-/m0/s1. The summed E-state index contributed by atoms with van der Waals surface area (Å²) in [6.45, 7) is 8.54. The van der Waals surface area contributed by atoms with Crippen molar-refractivity contribution in [3.05, 3.63) is 35.4 Å². The van der Waals surface area contributed by atoms with Crippen molar-refractivity contribution >= 4 is 12.0 Å². The molecule has 0 bridgehead atoms. The van der Waals surface area contributed by atoms with Crippen molar-refractivity contribution in [2.45, 2.75) is 64.3 Å². The summed E-state index contributed by atoms with van der Waals surface area (Å²) in [5.74, 6) is 0.000455. The molecular formula is C20H28N2O4. The summed E-state index contributed by atoms with van der Waals surface area (Å²) in [5.41, 5.74) is 1.96. The maximum Gasteiger partial charge on any atom is 0.407 e. The van der Waals surface area contributed by atoms with Gasteiger partial charge in [-0.1, -0.05) is 24.3 Å². The third kappa shape index (κ3) is 4.18. The van der Waals surface area contributed by atoms with Crippen LogP contribution in [0.3, 0.4) is 0 Å². The maximum absolute atomic E-state index is 12.9. The summed E-state index contributed by atoms with van der Waals surface area (Å²) >= 11 is 0. The number of carbonyl (C=O) groups excluding carboxylic acids is 2. The number of fused-ring (bicyclic) bond motifs is 1. The highest BCUT2D eigenvalue weighted by Gasteiger charge is 2.38. The van der Waals surface area contributed by atoms with Crippen molar-refractivity contribution in [3.63, 3.8) is 0 Å². The van der Waals surface area contributed by atoms with Gasteiger partial charge in [-0.05, 0) is 45.2 Å². The third-order valence-electron chi connectivity index (χ3n) is 4.87. The van der Waals surface area contributed by atoms with Crippen LogP contribution in [0.1, 0.15) is 51.3 Å². The van der Waals surface area contributed by atoms with Crippen LogP contribution in [0.25, 0.3) is 0 Å². The fraction of sp³-hybridized carbons (Fsp3) is 0.600. The van der Waals surface area contributed by atoms with Crippen molar-refractivity contribution < 1.29 is 19.1 Å². The molecule has 1 aromatic carbocycles. The Labute approximate surface area is 154 Å². The van der Waals surface area contributed by atoms with Crippen LogP contribution in [0.5, 0.6) is 0 Å². The molecule has 0 radical (unpaired) electrons. The average molecular weight is 360 g/mol. The molecule has 0 spiro atoms. The van der Waals surface area contributed by atoms with E-state index in [4.69, 9.17) is 9.47 Å². The van der Waals surface area contributed by atoms with E-state index in [1.54, 1.807) is 0 Å². The zero-order valence-electron chi connectivity index (χ0n) is 16.0. The van der Waals surface area contributed by atoms with E-state index in [0.29, 0.717) is 19.6 Å². The van der Waals surface area contributed by atoms with E-state index in [-0.39, 0.29) is 18.0 Å². The lowest BCUT2D eigenvalue weighted by molar-refractivity contribution is -0.143. The van der Waals surface area contributed by atoms with Crippen LogP contribution in [0.15, 0.2) is 24.3 Å². The quantitative estimate of drug-likeness (QED) is 0.881. The molecule has 26 heavy (non-hydrogen) atoms. The predicted molar refractivity (Wildman–Crippen MR) is 97.8 cm³/mol. The van der Waals surface area contributed by atoms with Gasteiger partial charge in [0.15, 0.2) is 0 Å². The minimum atomic E-state index is -0.546. The van der Waals surface area contributed by atoms with Gasteiger partial charge in [-0.2, -0.15) is 0 Å². The highest BCUT2D eigenvalue weighted by atomic mass is 16.6. The lowest BCUT2D eigenvalue weighted by Gasteiger charge is -2.36. The van der Waals surface area contributed by atoms with Crippen LogP contribution in [-0.2, 0) is 20.7 Å². The van der Waals surface area contributed by atoms with Gasteiger partial charge >= 0.3 is 6.09 Å². The number of rotatable bonds is 2. The van der Waals surface area contributed by atoms with Gasteiger partial charge in [-0.15, -0.1) is 0 Å². The fourth-order valence-corrected chi connectivity index (χ4v) is 3.63. The molecule has 142 valence electrons. The van der Waals surface area contributed by atoms with Crippen molar-refractivity contribution in [2.24, 2.45) is 0 Å². The Morgan fingerprint density at radius 3 is 2.73 bits per heavy atom. The minimum absolute atomic E-state index is 0.000455. The first-order valence-electron chi connectivity index (χ1n) is 9.24. The molecule has 6 nitrogen and oxygen atoms in total. The number of hydrogen-bond acceptors (Lipinski definition) is 4. The molecule has 1 aromatic rings. The average Bonchev–Trinajstić information content (AvgIpc) is 3.01.